The number of oxazole rings is 1. The summed E-state index contributed by atoms with van der Waals surface area (Å²) in [6.45, 7) is 3.69. The number of nitrogens with zero attached hydrogens (tertiary/aromatic N) is 1. The van der Waals surface area contributed by atoms with Gasteiger partial charge >= 0.3 is 5.76 Å². The van der Waals surface area contributed by atoms with Gasteiger partial charge in [-0.15, -0.1) is 0 Å². The summed E-state index contributed by atoms with van der Waals surface area (Å²) in [6, 6.07) is 6.17. The maximum atomic E-state index is 11.1. The molecule has 0 spiro atoms. The summed E-state index contributed by atoms with van der Waals surface area (Å²) in [6.07, 6.45) is 0.908. The Morgan fingerprint density at radius 1 is 1.50 bits per heavy atom. The Bertz CT molecular complexity index is 573. The van der Waals surface area contributed by atoms with E-state index in [-0.39, 0.29) is 0 Å². The third kappa shape index (κ3) is 2.80. The number of likely N-dealkylation sites (N-methyl/N-ethyl adjacent to an activating group) is 1. The topological polar surface area (TPSA) is 75.3 Å². The monoisotopic (exact) mass is 249 g/mol. The quantitative estimate of drug-likeness (QED) is 0.827. The molecule has 3 N–H and O–H groups in total. The van der Waals surface area contributed by atoms with Crippen molar-refractivity contribution in [3.8, 4) is 0 Å². The highest BCUT2D eigenvalue weighted by molar-refractivity contribution is 5.72. The van der Waals surface area contributed by atoms with Crippen LogP contribution >= 0.6 is 0 Å². The zero-order valence-corrected chi connectivity index (χ0v) is 10.8. The maximum absolute atomic E-state index is 11.1. The van der Waals surface area contributed by atoms with Gasteiger partial charge in [-0.05, 0) is 38.1 Å². The van der Waals surface area contributed by atoms with E-state index in [4.69, 9.17) is 10.2 Å². The van der Waals surface area contributed by atoms with Crippen LogP contribution in [0.2, 0.25) is 0 Å². The molecular weight excluding hydrogens is 230 g/mol. The first-order valence-electron chi connectivity index (χ1n) is 6.12. The van der Waals surface area contributed by atoms with Crippen LogP contribution in [-0.2, 0) is 6.42 Å². The molecule has 1 atom stereocenters. The lowest BCUT2D eigenvalue weighted by Gasteiger charge is -2.23. The first-order valence-corrected chi connectivity index (χ1v) is 6.12. The molecule has 5 heteroatoms. The fourth-order valence-electron chi connectivity index (χ4n) is 1.85. The van der Waals surface area contributed by atoms with E-state index < -0.39 is 5.76 Å². The second-order valence-corrected chi connectivity index (χ2v) is 4.66. The predicted octanol–water partition coefficient (Wildman–Crippen LogP) is 0.943. The lowest BCUT2D eigenvalue weighted by molar-refractivity contribution is 0.266. The third-order valence-electron chi connectivity index (χ3n) is 3.33. The van der Waals surface area contributed by atoms with E-state index in [9.17, 15) is 4.79 Å². The van der Waals surface area contributed by atoms with Crippen molar-refractivity contribution in [2.45, 2.75) is 19.4 Å². The van der Waals surface area contributed by atoms with Crippen LogP contribution in [-0.4, -0.2) is 36.1 Å². The normalized spacial score (nSPS) is 13.3. The van der Waals surface area contributed by atoms with Crippen LogP contribution in [0, 0.1) is 0 Å². The number of hydrogen-bond acceptors (Lipinski definition) is 4. The van der Waals surface area contributed by atoms with Crippen molar-refractivity contribution in [3.05, 3.63) is 34.3 Å². The largest absolute Gasteiger partial charge is 0.417 e. The van der Waals surface area contributed by atoms with Crippen LogP contribution in [0.5, 0.6) is 0 Å². The number of H-pyrrole nitrogens is 1. The molecule has 0 bridgehead atoms. The van der Waals surface area contributed by atoms with E-state index in [2.05, 4.69) is 23.9 Å². The van der Waals surface area contributed by atoms with E-state index in [1.54, 1.807) is 0 Å². The molecule has 0 saturated carbocycles. The predicted molar refractivity (Wildman–Crippen MR) is 71.7 cm³/mol. The lowest BCUT2D eigenvalue weighted by Crippen LogP contribution is -2.36. The van der Waals surface area contributed by atoms with Gasteiger partial charge in [-0.3, -0.25) is 4.98 Å². The molecule has 2 aromatic rings. The molecule has 1 aromatic carbocycles. The molecule has 0 radical (unpaired) electrons. The number of rotatable bonds is 5. The summed E-state index contributed by atoms with van der Waals surface area (Å²) < 4.78 is 5.04. The smallest absolute Gasteiger partial charge is 0.408 e. The van der Waals surface area contributed by atoms with E-state index in [0.29, 0.717) is 18.2 Å². The van der Waals surface area contributed by atoms with Crippen molar-refractivity contribution in [1.29, 1.82) is 0 Å². The van der Waals surface area contributed by atoms with E-state index in [1.165, 1.54) is 0 Å². The summed E-state index contributed by atoms with van der Waals surface area (Å²) in [5, 5.41) is 0. The molecule has 18 heavy (non-hydrogen) atoms. The first kappa shape index (κ1) is 12.9. The van der Waals surface area contributed by atoms with Gasteiger partial charge in [0, 0.05) is 19.1 Å². The van der Waals surface area contributed by atoms with Crippen molar-refractivity contribution in [1.82, 2.24) is 9.88 Å². The minimum atomic E-state index is -0.406. The lowest BCUT2D eigenvalue weighted by atomic mass is 10.1. The van der Waals surface area contributed by atoms with E-state index in [0.717, 1.165) is 24.0 Å². The molecule has 1 unspecified atom stereocenters. The van der Waals surface area contributed by atoms with Crippen LogP contribution in [0.3, 0.4) is 0 Å². The number of nitrogens with two attached hydrogens (primary N) is 1. The second-order valence-electron chi connectivity index (χ2n) is 4.66. The zero-order chi connectivity index (χ0) is 13.1. The van der Waals surface area contributed by atoms with Gasteiger partial charge in [-0.2, -0.15) is 0 Å². The Hall–Kier alpha value is -1.59. The molecule has 0 aliphatic carbocycles. The minimum Gasteiger partial charge on any atom is -0.408 e. The number of aromatic amines is 1. The molecule has 0 fully saturated rings. The van der Waals surface area contributed by atoms with E-state index >= 15 is 0 Å². The molecule has 0 aliphatic heterocycles. The Morgan fingerprint density at radius 3 is 3.00 bits per heavy atom. The highest BCUT2D eigenvalue weighted by Gasteiger charge is 2.07. The second kappa shape index (κ2) is 5.37. The van der Waals surface area contributed by atoms with Gasteiger partial charge in [0.1, 0.15) is 0 Å². The molecule has 0 aliphatic rings. The number of benzene rings is 1. The zero-order valence-electron chi connectivity index (χ0n) is 10.8. The van der Waals surface area contributed by atoms with Crippen molar-refractivity contribution < 1.29 is 4.42 Å². The standard InChI is InChI=1S/C13H19N3O2/c1-9(8-14)16(2)6-5-10-3-4-11-12(7-10)18-13(17)15-11/h3-4,7,9H,5-6,8,14H2,1-2H3,(H,15,17). The van der Waals surface area contributed by atoms with Gasteiger partial charge < -0.3 is 15.1 Å². The van der Waals surface area contributed by atoms with Crippen LogP contribution in [0.4, 0.5) is 0 Å². The van der Waals surface area contributed by atoms with Crippen LogP contribution < -0.4 is 11.5 Å². The van der Waals surface area contributed by atoms with Gasteiger partial charge in [0.15, 0.2) is 5.58 Å². The maximum Gasteiger partial charge on any atom is 0.417 e. The number of nitrogens with one attached hydrogen (secondary N) is 1. The summed E-state index contributed by atoms with van der Waals surface area (Å²) in [5.74, 6) is -0.406. The first-order chi connectivity index (χ1) is 8.60. The van der Waals surface area contributed by atoms with E-state index in [1.807, 2.05) is 18.2 Å². The summed E-state index contributed by atoms with van der Waals surface area (Å²) in [5.41, 5.74) is 8.14. The van der Waals surface area contributed by atoms with Crippen molar-refractivity contribution in [2.24, 2.45) is 5.73 Å². The molecular formula is C13H19N3O2. The third-order valence-corrected chi connectivity index (χ3v) is 3.33. The van der Waals surface area contributed by atoms with Crippen molar-refractivity contribution in [2.75, 3.05) is 20.1 Å². The number of hydrogen-bond donors (Lipinski definition) is 2. The molecule has 1 heterocycles. The van der Waals surface area contributed by atoms with Crippen molar-refractivity contribution in [3.63, 3.8) is 0 Å². The Balaban J connectivity index is 2.05. The molecule has 5 nitrogen and oxygen atoms in total. The molecule has 98 valence electrons. The minimum absolute atomic E-state index is 0.374. The Morgan fingerprint density at radius 2 is 2.28 bits per heavy atom. The Kier molecular flexibility index (Phi) is 3.84. The summed E-state index contributed by atoms with van der Waals surface area (Å²) in [7, 11) is 2.06. The van der Waals surface area contributed by atoms with Crippen LogP contribution in [0.1, 0.15) is 12.5 Å². The average molecular weight is 249 g/mol. The van der Waals surface area contributed by atoms with Gasteiger partial charge in [-0.1, -0.05) is 6.07 Å². The Labute approximate surface area is 106 Å². The van der Waals surface area contributed by atoms with Gasteiger partial charge in [-0.25, -0.2) is 4.79 Å². The van der Waals surface area contributed by atoms with Gasteiger partial charge in [0.25, 0.3) is 0 Å². The van der Waals surface area contributed by atoms with Crippen LogP contribution in [0.15, 0.2) is 27.4 Å². The average Bonchev–Trinajstić information content (AvgIpc) is 2.74. The SMILES string of the molecule is CC(CN)N(C)CCc1ccc2[nH]c(=O)oc2c1. The number of aromatic nitrogens is 1. The number of fused-ring (bicyclic) bond motifs is 1. The fraction of sp³-hybridized carbons (Fsp3) is 0.462. The van der Waals surface area contributed by atoms with Crippen molar-refractivity contribution >= 4 is 11.1 Å². The fourth-order valence-corrected chi connectivity index (χ4v) is 1.85. The molecule has 0 amide bonds. The molecule has 1 aromatic heterocycles. The highest BCUT2D eigenvalue weighted by Crippen LogP contribution is 2.13. The molecule has 0 saturated heterocycles. The molecule has 2 rings (SSSR count). The summed E-state index contributed by atoms with van der Waals surface area (Å²) in [4.78, 5) is 15.9. The highest BCUT2D eigenvalue weighted by atomic mass is 16.4. The van der Waals surface area contributed by atoms with Gasteiger partial charge in [0.2, 0.25) is 0 Å². The summed E-state index contributed by atoms with van der Waals surface area (Å²) >= 11 is 0. The van der Waals surface area contributed by atoms with Crippen LogP contribution in [0.25, 0.3) is 11.1 Å². The van der Waals surface area contributed by atoms with Gasteiger partial charge in [0.05, 0.1) is 5.52 Å².